The standard InChI is InChI=1S/C27H22F3N3O4S/c1-15(38(35)36)17-4-2-16(3-5-17)12-23(34)31-20-13-21(29)24(22(30)14-20)27(10-11-27)26-32-25(37-33-26)18-6-8-19(28)9-7-18/h2-9,13-15H,10-12H2,1H3,(H,31,34)(H,35,36). The first kappa shape index (κ1) is 25.8. The summed E-state index contributed by atoms with van der Waals surface area (Å²) in [6, 6.07) is 14.2. The molecule has 0 spiro atoms. The van der Waals surface area contributed by atoms with Crippen LogP contribution >= 0.6 is 0 Å². The molecule has 11 heteroatoms. The molecule has 4 aromatic rings. The molecule has 0 bridgehead atoms. The Kier molecular flexibility index (Phi) is 6.89. The van der Waals surface area contributed by atoms with Crippen LogP contribution in [0.25, 0.3) is 11.5 Å². The number of hydrogen-bond acceptors (Lipinski definition) is 5. The van der Waals surface area contributed by atoms with E-state index in [1.54, 1.807) is 31.2 Å². The summed E-state index contributed by atoms with van der Waals surface area (Å²) >= 11 is -2.01. The van der Waals surface area contributed by atoms with Crippen LogP contribution in [0.3, 0.4) is 0 Å². The van der Waals surface area contributed by atoms with Gasteiger partial charge in [0.1, 0.15) is 17.5 Å². The van der Waals surface area contributed by atoms with E-state index in [1.807, 2.05) is 0 Å². The van der Waals surface area contributed by atoms with Gasteiger partial charge in [0.25, 0.3) is 5.89 Å². The van der Waals surface area contributed by atoms with Crippen LogP contribution in [0.1, 0.15) is 47.5 Å². The molecule has 0 saturated heterocycles. The predicted molar refractivity (Wildman–Crippen MR) is 134 cm³/mol. The second kappa shape index (κ2) is 10.1. The number of aromatic nitrogens is 2. The third-order valence-electron chi connectivity index (χ3n) is 6.62. The number of benzene rings is 3. The van der Waals surface area contributed by atoms with Crippen LogP contribution in [0.2, 0.25) is 0 Å². The molecule has 1 aliphatic carbocycles. The molecule has 196 valence electrons. The van der Waals surface area contributed by atoms with Gasteiger partial charge in [-0.15, -0.1) is 0 Å². The quantitative estimate of drug-likeness (QED) is 0.278. The monoisotopic (exact) mass is 541 g/mol. The molecule has 38 heavy (non-hydrogen) atoms. The molecule has 2 N–H and O–H groups in total. The zero-order valence-electron chi connectivity index (χ0n) is 20.1. The highest BCUT2D eigenvalue weighted by Crippen LogP contribution is 2.54. The lowest BCUT2D eigenvalue weighted by molar-refractivity contribution is -0.115. The molecule has 7 nitrogen and oxygen atoms in total. The minimum atomic E-state index is -2.01. The van der Waals surface area contributed by atoms with E-state index in [-0.39, 0.29) is 29.4 Å². The first-order valence-corrected chi connectivity index (χ1v) is 12.9. The van der Waals surface area contributed by atoms with Crippen LogP contribution in [-0.4, -0.2) is 24.8 Å². The van der Waals surface area contributed by atoms with Gasteiger partial charge in [0, 0.05) is 16.8 Å². The number of anilines is 1. The van der Waals surface area contributed by atoms with E-state index < -0.39 is 45.1 Å². The normalized spacial score (nSPS) is 15.6. The number of rotatable bonds is 8. The maximum absolute atomic E-state index is 15.2. The highest BCUT2D eigenvalue weighted by molar-refractivity contribution is 7.79. The van der Waals surface area contributed by atoms with E-state index in [4.69, 9.17) is 4.52 Å². The number of halogens is 3. The molecular formula is C27H22F3N3O4S. The molecule has 2 unspecified atom stereocenters. The molecule has 3 aromatic carbocycles. The smallest absolute Gasteiger partial charge is 0.257 e. The number of carbonyl (C=O) groups is 1. The molecule has 1 amide bonds. The molecule has 1 heterocycles. The largest absolute Gasteiger partial charge is 0.334 e. The van der Waals surface area contributed by atoms with Gasteiger partial charge in [0.05, 0.1) is 17.1 Å². The summed E-state index contributed by atoms with van der Waals surface area (Å²) in [5.74, 6) is -2.35. The maximum Gasteiger partial charge on any atom is 0.257 e. The van der Waals surface area contributed by atoms with Crippen LogP contribution in [0.4, 0.5) is 18.9 Å². The third kappa shape index (κ3) is 5.11. The predicted octanol–water partition coefficient (Wildman–Crippen LogP) is 5.70. The number of nitrogens with zero attached hydrogens (tertiary/aromatic N) is 2. The summed E-state index contributed by atoms with van der Waals surface area (Å²) in [7, 11) is 0. The van der Waals surface area contributed by atoms with Crippen molar-refractivity contribution in [2.45, 2.75) is 36.9 Å². The molecular weight excluding hydrogens is 519 g/mol. The second-order valence-corrected chi connectivity index (χ2v) is 10.5. The number of nitrogens with one attached hydrogen (secondary N) is 1. The van der Waals surface area contributed by atoms with Gasteiger partial charge in [0.15, 0.2) is 16.9 Å². The minimum Gasteiger partial charge on any atom is -0.334 e. The fraction of sp³-hybridized carbons (Fsp3) is 0.222. The van der Waals surface area contributed by atoms with Crippen molar-refractivity contribution >= 4 is 22.7 Å². The Bertz CT molecular complexity index is 1500. The Balaban J connectivity index is 1.31. The first-order valence-electron chi connectivity index (χ1n) is 11.7. The lowest BCUT2D eigenvalue weighted by Crippen LogP contribution is -2.18. The first-order chi connectivity index (χ1) is 18.2. The second-order valence-electron chi connectivity index (χ2n) is 9.21. The average Bonchev–Trinajstić information content (AvgIpc) is 3.50. The Morgan fingerprint density at radius 3 is 2.29 bits per heavy atom. The Labute approximate surface area is 218 Å². The Morgan fingerprint density at radius 2 is 1.71 bits per heavy atom. The van der Waals surface area contributed by atoms with Crippen molar-refractivity contribution in [2.24, 2.45) is 0 Å². The van der Waals surface area contributed by atoms with Gasteiger partial charge < -0.3 is 14.4 Å². The summed E-state index contributed by atoms with van der Waals surface area (Å²) in [6.45, 7) is 1.61. The van der Waals surface area contributed by atoms with Gasteiger partial charge in [-0.05, 0) is 67.3 Å². The zero-order chi connectivity index (χ0) is 27.0. The van der Waals surface area contributed by atoms with Crippen molar-refractivity contribution in [3.8, 4) is 11.5 Å². The van der Waals surface area contributed by atoms with Gasteiger partial charge in [-0.1, -0.05) is 29.4 Å². The Morgan fingerprint density at radius 1 is 1.08 bits per heavy atom. The SMILES string of the molecule is CC(c1ccc(CC(=O)Nc2cc(F)c(C3(c4noc(-c5ccc(F)cc5)n4)CC3)c(F)c2)cc1)S(=O)O. The summed E-state index contributed by atoms with van der Waals surface area (Å²) in [6.07, 6.45) is 0.766. The zero-order valence-corrected chi connectivity index (χ0v) is 20.9. The van der Waals surface area contributed by atoms with E-state index >= 15 is 8.78 Å². The summed E-state index contributed by atoms with van der Waals surface area (Å²) in [4.78, 5) is 16.8. The topological polar surface area (TPSA) is 105 Å². The van der Waals surface area contributed by atoms with Crippen molar-refractivity contribution in [3.63, 3.8) is 0 Å². The van der Waals surface area contributed by atoms with Gasteiger partial charge in [-0.25, -0.2) is 17.4 Å². The summed E-state index contributed by atoms with van der Waals surface area (Å²) in [5.41, 5.74) is 0.433. The van der Waals surface area contributed by atoms with Gasteiger partial charge in [-0.3, -0.25) is 4.79 Å². The van der Waals surface area contributed by atoms with E-state index in [0.717, 1.165) is 12.1 Å². The van der Waals surface area contributed by atoms with E-state index in [2.05, 4.69) is 15.5 Å². The molecule has 5 rings (SSSR count). The van der Waals surface area contributed by atoms with Gasteiger partial charge in [-0.2, -0.15) is 4.98 Å². The van der Waals surface area contributed by atoms with Crippen LogP contribution in [0.5, 0.6) is 0 Å². The third-order valence-corrected chi connectivity index (χ3v) is 7.49. The number of carbonyl (C=O) groups excluding carboxylic acids is 1. The van der Waals surface area contributed by atoms with Crippen LogP contribution in [0.15, 0.2) is 65.2 Å². The molecule has 0 radical (unpaired) electrons. The Hall–Kier alpha value is -3.83. The molecule has 1 aromatic heterocycles. The molecule has 1 saturated carbocycles. The highest BCUT2D eigenvalue weighted by Gasteiger charge is 2.53. The molecule has 1 aliphatic rings. The molecule has 2 atom stereocenters. The lowest BCUT2D eigenvalue weighted by Gasteiger charge is -2.15. The molecule has 0 aliphatic heterocycles. The number of hydrogen-bond donors (Lipinski definition) is 2. The van der Waals surface area contributed by atoms with E-state index in [0.29, 0.717) is 29.5 Å². The van der Waals surface area contributed by atoms with Crippen molar-refractivity contribution in [1.82, 2.24) is 10.1 Å². The van der Waals surface area contributed by atoms with Crippen LogP contribution in [-0.2, 0) is 27.7 Å². The van der Waals surface area contributed by atoms with Crippen molar-refractivity contribution in [2.75, 3.05) is 5.32 Å². The minimum absolute atomic E-state index is 0.0365. The molecule has 1 fully saturated rings. The summed E-state index contributed by atoms with van der Waals surface area (Å²) in [5, 5.41) is 5.88. The van der Waals surface area contributed by atoms with Crippen molar-refractivity contribution in [1.29, 1.82) is 0 Å². The van der Waals surface area contributed by atoms with E-state index in [1.165, 1.54) is 24.3 Å². The maximum atomic E-state index is 15.2. The van der Waals surface area contributed by atoms with Crippen molar-refractivity contribution in [3.05, 3.63) is 101 Å². The summed E-state index contributed by atoms with van der Waals surface area (Å²) < 4.78 is 69.3. The van der Waals surface area contributed by atoms with E-state index in [9.17, 15) is 17.9 Å². The van der Waals surface area contributed by atoms with Crippen LogP contribution < -0.4 is 5.32 Å². The fourth-order valence-corrected chi connectivity index (χ4v) is 4.74. The fourth-order valence-electron chi connectivity index (χ4n) is 4.35. The van der Waals surface area contributed by atoms with Crippen molar-refractivity contribution < 1.29 is 31.3 Å². The highest BCUT2D eigenvalue weighted by atomic mass is 32.2. The lowest BCUT2D eigenvalue weighted by atomic mass is 9.93. The number of amides is 1. The van der Waals surface area contributed by atoms with Gasteiger partial charge in [0.2, 0.25) is 5.91 Å². The van der Waals surface area contributed by atoms with Crippen LogP contribution in [0, 0.1) is 17.5 Å². The average molecular weight is 542 g/mol. The van der Waals surface area contributed by atoms with Gasteiger partial charge >= 0.3 is 0 Å².